The second kappa shape index (κ2) is 8.17. The first-order chi connectivity index (χ1) is 9.58. The smallest absolute Gasteiger partial charge is 0.250 e. The second-order valence-corrected chi connectivity index (χ2v) is 5.22. The van der Waals surface area contributed by atoms with Crippen LogP contribution in [-0.2, 0) is 6.42 Å². The molecule has 0 aliphatic rings. The third kappa shape index (κ3) is 5.16. The van der Waals surface area contributed by atoms with Crippen molar-refractivity contribution in [2.75, 3.05) is 7.05 Å². The molecule has 0 saturated heterocycles. The summed E-state index contributed by atoms with van der Waals surface area (Å²) in [4.78, 5) is 4.36. The Morgan fingerprint density at radius 1 is 1.48 bits per heavy atom. The Labute approximate surface area is 136 Å². The first-order valence-electron chi connectivity index (χ1n) is 6.52. The molecule has 1 unspecified atom stereocenters. The van der Waals surface area contributed by atoms with Crippen LogP contribution in [0.1, 0.15) is 31.1 Å². The molecule has 114 valence electrons. The van der Waals surface area contributed by atoms with Crippen LogP contribution in [0.5, 0.6) is 0 Å². The molecule has 0 bridgehead atoms. The Bertz CT molecular complexity index is 610. The van der Waals surface area contributed by atoms with E-state index in [1.165, 1.54) is 0 Å². The van der Waals surface area contributed by atoms with Gasteiger partial charge in [0.05, 0.1) is 0 Å². The van der Waals surface area contributed by atoms with Crippen molar-refractivity contribution in [1.82, 2.24) is 15.5 Å². The van der Waals surface area contributed by atoms with E-state index in [9.17, 15) is 0 Å². The van der Waals surface area contributed by atoms with Crippen molar-refractivity contribution in [3.63, 3.8) is 0 Å². The Balaban J connectivity index is 0.00000220. The third-order valence-corrected chi connectivity index (χ3v) is 3.32. The van der Waals surface area contributed by atoms with E-state index in [4.69, 9.17) is 16.1 Å². The second-order valence-electron chi connectivity index (χ2n) is 4.78. The molecule has 1 aromatic heterocycles. The summed E-state index contributed by atoms with van der Waals surface area (Å²) in [6.07, 6.45) is 2.61. The monoisotopic (exact) mass is 327 g/mol. The van der Waals surface area contributed by atoms with Crippen molar-refractivity contribution in [1.29, 1.82) is 0 Å². The van der Waals surface area contributed by atoms with Crippen LogP contribution >= 0.6 is 24.0 Å². The fraction of sp³-hybridized carbons (Fsp3) is 0.333. The van der Waals surface area contributed by atoms with Gasteiger partial charge in [-0.05, 0) is 44.2 Å². The van der Waals surface area contributed by atoms with E-state index >= 15 is 0 Å². The molecular weight excluding hydrogens is 309 g/mol. The molecule has 1 atom stereocenters. The van der Waals surface area contributed by atoms with Crippen LogP contribution in [0.25, 0.3) is 11.6 Å². The van der Waals surface area contributed by atoms with Crippen LogP contribution in [0.2, 0.25) is 5.02 Å². The van der Waals surface area contributed by atoms with E-state index in [2.05, 4.69) is 22.4 Å². The number of benzene rings is 1. The number of hydrogen-bond donors (Lipinski definition) is 1. The van der Waals surface area contributed by atoms with Gasteiger partial charge in [-0.3, -0.25) is 0 Å². The molecule has 0 fully saturated rings. The first-order valence-corrected chi connectivity index (χ1v) is 6.90. The number of hydrogen-bond acceptors (Lipinski definition) is 4. The Morgan fingerprint density at radius 3 is 2.90 bits per heavy atom. The Morgan fingerprint density at radius 2 is 2.24 bits per heavy atom. The molecule has 2 rings (SSSR count). The van der Waals surface area contributed by atoms with Gasteiger partial charge < -0.3 is 9.84 Å². The van der Waals surface area contributed by atoms with Crippen molar-refractivity contribution in [3.05, 3.63) is 46.6 Å². The molecule has 21 heavy (non-hydrogen) atoms. The highest BCUT2D eigenvalue weighted by Crippen LogP contribution is 2.20. The molecule has 6 heteroatoms. The third-order valence-electron chi connectivity index (χ3n) is 3.09. The van der Waals surface area contributed by atoms with Gasteiger partial charge in [-0.15, -0.1) is 12.4 Å². The SMILES string of the molecule is CNC(C)Cc1noc(/C=C(/C)c2cccc(Cl)c2)n1.Cl. The minimum absolute atomic E-state index is 0. The predicted molar refractivity (Wildman–Crippen MR) is 88.8 cm³/mol. The van der Waals surface area contributed by atoms with Crippen LogP contribution < -0.4 is 5.32 Å². The van der Waals surface area contributed by atoms with Crippen LogP contribution in [-0.4, -0.2) is 23.2 Å². The van der Waals surface area contributed by atoms with Gasteiger partial charge in [0.2, 0.25) is 0 Å². The topological polar surface area (TPSA) is 51.0 Å². The summed E-state index contributed by atoms with van der Waals surface area (Å²) in [6.45, 7) is 4.06. The predicted octanol–water partition coefficient (Wildman–Crippen LogP) is 3.86. The normalized spacial score (nSPS) is 12.9. The summed E-state index contributed by atoms with van der Waals surface area (Å²) in [5, 5.41) is 7.83. The van der Waals surface area contributed by atoms with Crippen molar-refractivity contribution < 1.29 is 4.52 Å². The number of halogens is 2. The number of likely N-dealkylation sites (N-methyl/N-ethyl adjacent to an activating group) is 1. The maximum absolute atomic E-state index is 5.98. The van der Waals surface area contributed by atoms with Crippen LogP contribution in [0, 0.1) is 0 Å². The number of nitrogens with zero attached hydrogens (tertiary/aromatic N) is 2. The molecule has 1 heterocycles. The molecule has 0 aliphatic heterocycles. The lowest BCUT2D eigenvalue weighted by atomic mass is 10.1. The van der Waals surface area contributed by atoms with Crippen LogP contribution in [0.15, 0.2) is 28.8 Å². The Kier molecular flexibility index (Phi) is 6.89. The molecule has 0 amide bonds. The molecule has 0 spiro atoms. The van der Waals surface area contributed by atoms with Gasteiger partial charge in [0, 0.05) is 23.6 Å². The fourth-order valence-corrected chi connectivity index (χ4v) is 1.98. The number of aromatic nitrogens is 2. The highest BCUT2D eigenvalue weighted by molar-refractivity contribution is 6.30. The minimum Gasteiger partial charge on any atom is -0.335 e. The van der Waals surface area contributed by atoms with E-state index in [-0.39, 0.29) is 12.4 Å². The summed E-state index contributed by atoms with van der Waals surface area (Å²) >= 11 is 5.98. The van der Waals surface area contributed by atoms with Gasteiger partial charge in [-0.25, -0.2) is 0 Å². The summed E-state index contributed by atoms with van der Waals surface area (Å²) in [5.74, 6) is 1.22. The van der Waals surface area contributed by atoms with Crippen LogP contribution in [0.3, 0.4) is 0 Å². The fourth-order valence-electron chi connectivity index (χ4n) is 1.79. The summed E-state index contributed by atoms with van der Waals surface area (Å²) in [5.41, 5.74) is 2.07. The van der Waals surface area contributed by atoms with Gasteiger partial charge in [-0.1, -0.05) is 28.9 Å². The average Bonchev–Trinajstić information content (AvgIpc) is 2.85. The van der Waals surface area contributed by atoms with Crippen LogP contribution in [0.4, 0.5) is 0 Å². The first kappa shape index (κ1) is 17.7. The number of rotatable bonds is 5. The molecule has 0 aliphatic carbocycles. The average molecular weight is 328 g/mol. The maximum atomic E-state index is 5.98. The van der Waals surface area contributed by atoms with Gasteiger partial charge in [0.1, 0.15) is 0 Å². The zero-order chi connectivity index (χ0) is 14.5. The van der Waals surface area contributed by atoms with Crippen molar-refractivity contribution >= 4 is 35.7 Å². The lowest BCUT2D eigenvalue weighted by molar-refractivity contribution is 0.400. The number of allylic oxidation sites excluding steroid dienone is 1. The van der Waals surface area contributed by atoms with Crippen molar-refractivity contribution in [2.45, 2.75) is 26.3 Å². The Hall–Kier alpha value is -1.36. The minimum atomic E-state index is 0. The molecule has 0 saturated carbocycles. The summed E-state index contributed by atoms with van der Waals surface area (Å²) in [7, 11) is 1.91. The molecule has 1 N–H and O–H groups in total. The van der Waals surface area contributed by atoms with Gasteiger partial charge >= 0.3 is 0 Å². The maximum Gasteiger partial charge on any atom is 0.250 e. The zero-order valence-corrected chi connectivity index (χ0v) is 13.8. The molecule has 0 radical (unpaired) electrons. The zero-order valence-electron chi connectivity index (χ0n) is 12.3. The number of nitrogens with one attached hydrogen (secondary N) is 1. The lowest BCUT2D eigenvalue weighted by Gasteiger charge is -2.04. The van der Waals surface area contributed by atoms with Gasteiger partial charge in [-0.2, -0.15) is 4.98 Å². The molecule has 1 aromatic carbocycles. The van der Waals surface area contributed by atoms with Gasteiger partial charge in [0.25, 0.3) is 5.89 Å². The highest BCUT2D eigenvalue weighted by atomic mass is 35.5. The summed E-state index contributed by atoms with van der Waals surface area (Å²) in [6, 6.07) is 8.00. The van der Waals surface area contributed by atoms with Crippen molar-refractivity contribution in [2.24, 2.45) is 0 Å². The molecule has 4 nitrogen and oxygen atoms in total. The standard InChI is InChI=1S/C15H18ClN3O.ClH/c1-10(12-5-4-6-13(16)9-12)7-15-18-14(19-20-15)8-11(2)17-3;/h4-7,9,11,17H,8H2,1-3H3;1H/b10-7-;. The largest absolute Gasteiger partial charge is 0.335 e. The van der Waals surface area contributed by atoms with Crippen molar-refractivity contribution in [3.8, 4) is 0 Å². The molecule has 2 aromatic rings. The van der Waals surface area contributed by atoms with E-state index < -0.39 is 0 Å². The van der Waals surface area contributed by atoms with E-state index in [1.807, 2.05) is 44.3 Å². The molecular formula is C15H19Cl2N3O. The highest BCUT2D eigenvalue weighted by Gasteiger charge is 2.08. The van der Waals surface area contributed by atoms with E-state index in [0.29, 0.717) is 22.8 Å². The van der Waals surface area contributed by atoms with E-state index in [1.54, 1.807) is 0 Å². The van der Waals surface area contributed by atoms with E-state index in [0.717, 1.165) is 17.6 Å². The summed E-state index contributed by atoms with van der Waals surface area (Å²) < 4.78 is 5.23. The lowest BCUT2D eigenvalue weighted by Crippen LogP contribution is -2.24. The quantitative estimate of drug-likeness (QED) is 0.906. The van der Waals surface area contributed by atoms with Gasteiger partial charge in [0.15, 0.2) is 5.82 Å².